The third kappa shape index (κ3) is 4.81. The number of amides is 1. The Balaban J connectivity index is 1.92. The fraction of sp³-hybridized carbons (Fsp3) is 0.0714. The Morgan fingerprint density at radius 1 is 1.15 bits per heavy atom. The quantitative estimate of drug-likeness (QED) is 0.634. The van der Waals surface area contributed by atoms with Gasteiger partial charge in [0.2, 0.25) is 5.91 Å². The fourth-order valence-corrected chi connectivity index (χ4v) is 2.99. The van der Waals surface area contributed by atoms with Crippen molar-refractivity contribution in [2.24, 2.45) is 0 Å². The number of carbonyl (C=O) groups is 1. The molecule has 0 saturated heterocycles. The molecule has 6 heteroatoms. The second kappa shape index (κ2) is 7.50. The molecular weight excluding hydrogens is 425 g/mol. The van der Waals surface area contributed by atoms with Gasteiger partial charge in [-0.05, 0) is 58.4 Å². The smallest absolute Gasteiger partial charge is 0.234 e. The Bertz CT molecular complexity index is 619. The maximum absolute atomic E-state index is 11.9. The van der Waals surface area contributed by atoms with Crippen LogP contribution in [-0.4, -0.2) is 11.7 Å². The molecular formula is C14H10Br2ClNOS. The molecule has 20 heavy (non-hydrogen) atoms. The predicted octanol–water partition coefficient (Wildman–Crippen LogP) is 5.60. The molecule has 1 N–H and O–H groups in total. The number of hydrogen-bond acceptors (Lipinski definition) is 2. The molecule has 2 nitrogen and oxygen atoms in total. The monoisotopic (exact) mass is 433 g/mol. The molecule has 1 amide bonds. The first-order valence-corrected chi connectivity index (χ1v) is 8.63. The SMILES string of the molecule is O=C(CSc1ccc(Cl)cc1)Nc1cc(Br)ccc1Br. The van der Waals surface area contributed by atoms with Crippen molar-refractivity contribution in [3.63, 3.8) is 0 Å². The molecule has 2 rings (SSSR count). The molecule has 2 aromatic carbocycles. The topological polar surface area (TPSA) is 29.1 Å². The number of nitrogens with one attached hydrogen (secondary N) is 1. The van der Waals surface area contributed by atoms with Gasteiger partial charge in [0.15, 0.2) is 0 Å². The van der Waals surface area contributed by atoms with Crippen LogP contribution in [0.4, 0.5) is 5.69 Å². The van der Waals surface area contributed by atoms with E-state index in [0.717, 1.165) is 19.5 Å². The first-order valence-electron chi connectivity index (χ1n) is 5.68. The normalized spacial score (nSPS) is 10.3. The van der Waals surface area contributed by atoms with Crippen LogP contribution in [-0.2, 0) is 4.79 Å². The number of benzene rings is 2. The average Bonchev–Trinajstić information content (AvgIpc) is 2.42. The summed E-state index contributed by atoms with van der Waals surface area (Å²) in [6.07, 6.45) is 0. The molecule has 0 aliphatic carbocycles. The first kappa shape index (κ1) is 15.9. The van der Waals surface area contributed by atoms with Crippen LogP contribution in [0.1, 0.15) is 0 Å². The molecule has 0 aliphatic rings. The summed E-state index contributed by atoms with van der Waals surface area (Å²) in [4.78, 5) is 12.9. The van der Waals surface area contributed by atoms with Gasteiger partial charge in [0.25, 0.3) is 0 Å². The summed E-state index contributed by atoms with van der Waals surface area (Å²) in [6, 6.07) is 13.1. The van der Waals surface area contributed by atoms with Crippen molar-refractivity contribution in [1.82, 2.24) is 0 Å². The van der Waals surface area contributed by atoms with Crippen LogP contribution in [0.15, 0.2) is 56.3 Å². The Morgan fingerprint density at radius 3 is 2.55 bits per heavy atom. The molecule has 0 heterocycles. The highest BCUT2D eigenvalue weighted by Gasteiger charge is 2.07. The van der Waals surface area contributed by atoms with E-state index < -0.39 is 0 Å². The van der Waals surface area contributed by atoms with Crippen LogP contribution in [0.2, 0.25) is 5.02 Å². The number of anilines is 1. The van der Waals surface area contributed by atoms with Crippen LogP contribution in [0.3, 0.4) is 0 Å². The zero-order valence-electron chi connectivity index (χ0n) is 10.2. The van der Waals surface area contributed by atoms with Crippen LogP contribution < -0.4 is 5.32 Å². The van der Waals surface area contributed by atoms with Gasteiger partial charge in [0.05, 0.1) is 11.4 Å². The van der Waals surface area contributed by atoms with Crippen LogP contribution in [0.5, 0.6) is 0 Å². The summed E-state index contributed by atoms with van der Waals surface area (Å²) in [5.74, 6) is 0.296. The van der Waals surface area contributed by atoms with E-state index in [1.165, 1.54) is 11.8 Å². The Labute approximate surface area is 143 Å². The van der Waals surface area contributed by atoms with Gasteiger partial charge in [-0.3, -0.25) is 4.79 Å². The Kier molecular flexibility index (Phi) is 5.96. The predicted molar refractivity (Wildman–Crippen MR) is 92.6 cm³/mol. The minimum atomic E-state index is -0.0521. The van der Waals surface area contributed by atoms with Gasteiger partial charge in [-0.2, -0.15) is 0 Å². The van der Waals surface area contributed by atoms with E-state index in [1.54, 1.807) is 0 Å². The Morgan fingerprint density at radius 2 is 1.85 bits per heavy atom. The number of rotatable bonds is 4. The minimum Gasteiger partial charge on any atom is -0.324 e. The molecule has 0 fully saturated rings. The van der Waals surface area contributed by atoms with Crippen molar-refractivity contribution in [2.75, 3.05) is 11.1 Å². The number of carbonyl (C=O) groups excluding carboxylic acids is 1. The van der Waals surface area contributed by atoms with Crippen molar-refractivity contribution in [1.29, 1.82) is 0 Å². The van der Waals surface area contributed by atoms with Crippen molar-refractivity contribution < 1.29 is 4.79 Å². The van der Waals surface area contributed by atoms with Gasteiger partial charge in [0, 0.05) is 18.9 Å². The van der Waals surface area contributed by atoms with Gasteiger partial charge >= 0.3 is 0 Å². The number of halogens is 3. The second-order valence-electron chi connectivity index (χ2n) is 3.91. The molecule has 0 saturated carbocycles. The van der Waals surface area contributed by atoms with Gasteiger partial charge in [-0.1, -0.05) is 27.5 Å². The molecule has 0 spiro atoms. The molecule has 0 radical (unpaired) electrons. The summed E-state index contributed by atoms with van der Waals surface area (Å²) in [6.45, 7) is 0. The highest BCUT2D eigenvalue weighted by Crippen LogP contribution is 2.27. The highest BCUT2D eigenvalue weighted by atomic mass is 79.9. The molecule has 2 aromatic rings. The summed E-state index contributed by atoms with van der Waals surface area (Å²) in [5.41, 5.74) is 0.751. The zero-order valence-corrected chi connectivity index (χ0v) is 14.9. The summed E-state index contributed by atoms with van der Waals surface area (Å²) in [7, 11) is 0. The lowest BCUT2D eigenvalue weighted by Gasteiger charge is -2.08. The highest BCUT2D eigenvalue weighted by molar-refractivity contribution is 9.11. The third-order valence-electron chi connectivity index (χ3n) is 2.39. The van der Waals surface area contributed by atoms with Crippen LogP contribution >= 0.6 is 55.2 Å². The van der Waals surface area contributed by atoms with E-state index in [-0.39, 0.29) is 5.91 Å². The van der Waals surface area contributed by atoms with E-state index in [9.17, 15) is 4.79 Å². The second-order valence-corrected chi connectivity index (χ2v) is 7.17. The van der Waals surface area contributed by atoms with E-state index in [0.29, 0.717) is 10.8 Å². The molecule has 0 aliphatic heterocycles. The average molecular weight is 436 g/mol. The third-order valence-corrected chi connectivity index (χ3v) is 4.83. The lowest BCUT2D eigenvalue weighted by atomic mass is 10.3. The van der Waals surface area contributed by atoms with Crippen molar-refractivity contribution >= 4 is 66.8 Å². The summed E-state index contributed by atoms with van der Waals surface area (Å²) in [5, 5.41) is 3.56. The van der Waals surface area contributed by atoms with Crippen LogP contribution in [0, 0.1) is 0 Å². The molecule has 0 aromatic heterocycles. The largest absolute Gasteiger partial charge is 0.324 e. The number of thioether (sulfide) groups is 1. The zero-order chi connectivity index (χ0) is 14.5. The first-order chi connectivity index (χ1) is 9.54. The van der Waals surface area contributed by atoms with Gasteiger partial charge < -0.3 is 5.32 Å². The minimum absolute atomic E-state index is 0.0521. The van der Waals surface area contributed by atoms with Crippen molar-refractivity contribution in [3.8, 4) is 0 Å². The van der Waals surface area contributed by atoms with Gasteiger partial charge in [-0.25, -0.2) is 0 Å². The fourth-order valence-electron chi connectivity index (χ4n) is 1.46. The maximum Gasteiger partial charge on any atom is 0.234 e. The Hall–Kier alpha value is -0.490. The molecule has 0 atom stereocenters. The van der Waals surface area contributed by atoms with Crippen LogP contribution in [0.25, 0.3) is 0 Å². The van der Waals surface area contributed by atoms with E-state index in [1.807, 2.05) is 42.5 Å². The summed E-state index contributed by atoms with van der Waals surface area (Å²) < 4.78 is 1.77. The number of hydrogen-bond donors (Lipinski definition) is 1. The summed E-state index contributed by atoms with van der Waals surface area (Å²) >= 11 is 14.1. The molecule has 104 valence electrons. The van der Waals surface area contributed by atoms with E-state index in [4.69, 9.17) is 11.6 Å². The lowest BCUT2D eigenvalue weighted by Crippen LogP contribution is -2.14. The van der Waals surface area contributed by atoms with Crippen molar-refractivity contribution in [2.45, 2.75) is 4.90 Å². The van der Waals surface area contributed by atoms with E-state index in [2.05, 4.69) is 37.2 Å². The standard InChI is InChI=1S/C14H10Br2ClNOS/c15-9-1-6-12(16)13(7-9)18-14(19)8-20-11-4-2-10(17)3-5-11/h1-7H,8H2,(H,18,19). The molecule has 0 unspecified atom stereocenters. The van der Waals surface area contributed by atoms with Gasteiger partial charge in [0.1, 0.15) is 0 Å². The maximum atomic E-state index is 11.9. The van der Waals surface area contributed by atoms with E-state index >= 15 is 0 Å². The lowest BCUT2D eigenvalue weighted by molar-refractivity contribution is -0.113. The van der Waals surface area contributed by atoms with Crippen molar-refractivity contribution in [3.05, 3.63) is 56.4 Å². The van der Waals surface area contributed by atoms with Gasteiger partial charge in [-0.15, -0.1) is 11.8 Å². The molecule has 0 bridgehead atoms.